The lowest BCUT2D eigenvalue weighted by atomic mass is 10.5. The van der Waals surface area contributed by atoms with Gasteiger partial charge in [0.05, 0.1) is 22.9 Å². The summed E-state index contributed by atoms with van der Waals surface area (Å²) < 4.78 is 8.15. The van der Waals surface area contributed by atoms with Gasteiger partial charge in [0.2, 0.25) is 0 Å². The van der Waals surface area contributed by atoms with Crippen LogP contribution in [0.2, 0.25) is 0 Å². The molecule has 3 nitrogen and oxygen atoms in total. The van der Waals surface area contributed by atoms with Crippen molar-refractivity contribution in [3.63, 3.8) is 0 Å². The molecule has 0 aromatic carbocycles. The zero-order valence-corrected chi connectivity index (χ0v) is 7.48. The first-order chi connectivity index (χ1) is 4.84. The molecule has 2 heterocycles. The fourth-order valence-corrected chi connectivity index (χ4v) is 1.27. The Morgan fingerprint density at radius 1 is 1.90 bits per heavy atom. The molecule has 4 heteroatoms. The van der Waals surface area contributed by atoms with E-state index in [2.05, 4.69) is 27.7 Å². The fraction of sp³-hybridized carbons (Fsp3) is 0.500. The largest absolute Gasteiger partial charge is 0.371 e. The molecule has 54 valence electrons. The van der Waals surface area contributed by atoms with Gasteiger partial charge < -0.3 is 4.74 Å². The second-order valence-corrected chi connectivity index (χ2v) is 3.58. The van der Waals surface area contributed by atoms with Crippen LogP contribution in [0.25, 0.3) is 0 Å². The lowest BCUT2D eigenvalue weighted by molar-refractivity contribution is 0.373. The molecule has 1 aliphatic rings. The summed E-state index contributed by atoms with van der Waals surface area (Å²) in [6.07, 6.45) is 4.29. The topological polar surface area (TPSA) is 30.4 Å². The molecule has 0 spiro atoms. The Balaban J connectivity index is 2.03. The Kier molecular flexibility index (Phi) is 1.65. The van der Waals surface area contributed by atoms with Crippen LogP contribution in [0.4, 0.5) is 0 Å². The Labute approximate surface area is 72.5 Å². The maximum atomic E-state index is 5.06. The van der Waals surface area contributed by atoms with Gasteiger partial charge in [0.15, 0.2) is 0 Å². The van der Waals surface area contributed by atoms with Gasteiger partial charge in [0.1, 0.15) is 6.10 Å². The standard InChI is InChI=1S/C6H7IN2O/c7-5-1-8-9(2-5)3-6-4-10-6/h1-2,6H,3-4H2. The van der Waals surface area contributed by atoms with E-state index in [1.807, 2.05) is 17.1 Å². The number of nitrogens with zero attached hydrogens (tertiary/aromatic N) is 2. The van der Waals surface area contributed by atoms with Crippen molar-refractivity contribution in [3.8, 4) is 0 Å². The molecule has 1 aromatic heterocycles. The zero-order valence-electron chi connectivity index (χ0n) is 5.33. The normalized spacial score (nSPS) is 23.1. The van der Waals surface area contributed by atoms with E-state index in [1.165, 1.54) is 3.57 Å². The van der Waals surface area contributed by atoms with E-state index < -0.39 is 0 Å². The van der Waals surface area contributed by atoms with Crippen LogP contribution < -0.4 is 0 Å². The van der Waals surface area contributed by atoms with Gasteiger partial charge in [-0.15, -0.1) is 0 Å². The minimum absolute atomic E-state index is 0.427. The predicted molar refractivity (Wildman–Crippen MR) is 44.7 cm³/mol. The molecule has 1 aliphatic heterocycles. The molecule has 0 saturated carbocycles. The highest BCUT2D eigenvalue weighted by Gasteiger charge is 2.22. The Bertz CT molecular complexity index is 231. The van der Waals surface area contributed by atoms with Crippen molar-refractivity contribution in [2.45, 2.75) is 12.6 Å². The second kappa shape index (κ2) is 2.50. The van der Waals surface area contributed by atoms with Crippen LogP contribution in [0.15, 0.2) is 12.4 Å². The monoisotopic (exact) mass is 250 g/mol. The Morgan fingerprint density at radius 3 is 3.20 bits per heavy atom. The number of halogens is 1. The van der Waals surface area contributed by atoms with Gasteiger partial charge in [-0.25, -0.2) is 0 Å². The van der Waals surface area contributed by atoms with Crippen molar-refractivity contribution in [2.24, 2.45) is 0 Å². The van der Waals surface area contributed by atoms with Crippen molar-refractivity contribution in [1.29, 1.82) is 0 Å². The van der Waals surface area contributed by atoms with E-state index in [0.717, 1.165) is 13.2 Å². The maximum absolute atomic E-state index is 5.06. The van der Waals surface area contributed by atoms with E-state index in [-0.39, 0.29) is 0 Å². The summed E-state index contributed by atoms with van der Waals surface area (Å²) in [5.41, 5.74) is 0. The van der Waals surface area contributed by atoms with E-state index in [1.54, 1.807) is 0 Å². The number of aromatic nitrogens is 2. The molecule has 0 aliphatic carbocycles. The minimum atomic E-state index is 0.427. The lowest BCUT2D eigenvalue weighted by Crippen LogP contribution is -2.03. The first-order valence-electron chi connectivity index (χ1n) is 3.14. The van der Waals surface area contributed by atoms with Gasteiger partial charge in [-0.3, -0.25) is 4.68 Å². The zero-order chi connectivity index (χ0) is 6.97. The van der Waals surface area contributed by atoms with Gasteiger partial charge >= 0.3 is 0 Å². The third kappa shape index (κ3) is 1.49. The Hall–Kier alpha value is -0.100. The summed E-state index contributed by atoms with van der Waals surface area (Å²) in [7, 11) is 0. The van der Waals surface area contributed by atoms with Gasteiger partial charge in [0.25, 0.3) is 0 Å². The number of epoxide rings is 1. The van der Waals surface area contributed by atoms with Crippen LogP contribution in [0.3, 0.4) is 0 Å². The van der Waals surface area contributed by atoms with Crippen molar-refractivity contribution >= 4 is 22.6 Å². The van der Waals surface area contributed by atoms with Crippen molar-refractivity contribution < 1.29 is 4.74 Å². The van der Waals surface area contributed by atoms with E-state index in [9.17, 15) is 0 Å². The first-order valence-corrected chi connectivity index (χ1v) is 4.22. The number of rotatable bonds is 2. The number of ether oxygens (including phenoxy) is 1. The quantitative estimate of drug-likeness (QED) is 0.576. The molecule has 1 unspecified atom stereocenters. The van der Waals surface area contributed by atoms with Gasteiger partial charge in [-0.1, -0.05) is 0 Å². The third-order valence-electron chi connectivity index (χ3n) is 1.39. The average molecular weight is 250 g/mol. The third-order valence-corrected chi connectivity index (χ3v) is 1.95. The summed E-state index contributed by atoms with van der Waals surface area (Å²) in [6.45, 7) is 1.81. The SMILES string of the molecule is Ic1cnn(CC2CO2)c1. The molecule has 0 amide bonds. The summed E-state index contributed by atoms with van der Waals surface area (Å²) in [4.78, 5) is 0. The minimum Gasteiger partial charge on any atom is -0.371 e. The average Bonchev–Trinajstić information content (AvgIpc) is 2.59. The van der Waals surface area contributed by atoms with Gasteiger partial charge in [0, 0.05) is 6.20 Å². The molecule has 1 aromatic rings. The first kappa shape index (κ1) is 6.60. The summed E-state index contributed by atoms with van der Waals surface area (Å²) >= 11 is 2.24. The van der Waals surface area contributed by atoms with Crippen molar-refractivity contribution in [3.05, 3.63) is 16.0 Å². The van der Waals surface area contributed by atoms with Crippen LogP contribution in [0.1, 0.15) is 0 Å². The van der Waals surface area contributed by atoms with Gasteiger partial charge in [-0.05, 0) is 22.6 Å². The molecule has 0 bridgehead atoms. The summed E-state index contributed by atoms with van der Waals surface area (Å²) in [5, 5.41) is 4.13. The smallest absolute Gasteiger partial charge is 0.100 e. The van der Waals surface area contributed by atoms with E-state index >= 15 is 0 Å². The lowest BCUT2D eigenvalue weighted by Gasteiger charge is -1.93. The van der Waals surface area contributed by atoms with Crippen molar-refractivity contribution in [2.75, 3.05) is 6.61 Å². The number of hydrogen-bond donors (Lipinski definition) is 0. The van der Waals surface area contributed by atoms with Gasteiger partial charge in [-0.2, -0.15) is 5.10 Å². The van der Waals surface area contributed by atoms with E-state index in [0.29, 0.717) is 6.10 Å². The molecule has 1 saturated heterocycles. The molecule has 10 heavy (non-hydrogen) atoms. The molecule has 2 rings (SSSR count). The predicted octanol–water partition coefficient (Wildman–Crippen LogP) is 0.886. The van der Waals surface area contributed by atoms with Crippen LogP contribution in [-0.4, -0.2) is 22.5 Å². The molecular weight excluding hydrogens is 243 g/mol. The van der Waals surface area contributed by atoms with Crippen molar-refractivity contribution in [1.82, 2.24) is 9.78 Å². The van der Waals surface area contributed by atoms with Crippen LogP contribution in [0.5, 0.6) is 0 Å². The number of hydrogen-bond acceptors (Lipinski definition) is 2. The molecular formula is C6H7IN2O. The van der Waals surface area contributed by atoms with Crippen LogP contribution in [-0.2, 0) is 11.3 Å². The highest BCUT2D eigenvalue weighted by molar-refractivity contribution is 14.1. The molecule has 0 radical (unpaired) electrons. The highest BCUT2D eigenvalue weighted by Crippen LogP contribution is 2.11. The Morgan fingerprint density at radius 2 is 2.70 bits per heavy atom. The van der Waals surface area contributed by atoms with E-state index in [4.69, 9.17) is 4.74 Å². The highest BCUT2D eigenvalue weighted by atomic mass is 127. The summed E-state index contributed by atoms with van der Waals surface area (Å²) in [5.74, 6) is 0. The molecule has 0 N–H and O–H groups in total. The maximum Gasteiger partial charge on any atom is 0.100 e. The second-order valence-electron chi connectivity index (χ2n) is 2.34. The summed E-state index contributed by atoms with van der Waals surface area (Å²) in [6, 6.07) is 0. The fourth-order valence-electron chi connectivity index (χ4n) is 0.820. The molecule has 1 atom stereocenters. The van der Waals surface area contributed by atoms with Crippen LogP contribution in [0, 0.1) is 3.57 Å². The molecule has 1 fully saturated rings. The van der Waals surface area contributed by atoms with Crippen LogP contribution >= 0.6 is 22.6 Å².